The summed E-state index contributed by atoms with van der Waals surface area (Å²) in [7, 11) is 0. The number of aryl methyl sites for hydroxylation is 1. The zero-order valence-electron chi connectivity index (χ0n) is 12.8. The molecule has 0 amide bonds. The van der Waals surface area contributed by atoms with Gasteiger partial charge in [-0.25, -0.2) is 9.97 Å². The Morgan fingerprint density at radius 3 is 2.21 bits per heavy atom. The largest absolute Gasteiger partial charge is 0.370 e. The molecule has 0 aromatic carbocycles. The Kier molecular flexibility index (Phi) is 7.23. The number of rotatable bonds is 9. The third-order valence-corrected chi connectivity index (χ3v) is 2.91. The second-order valence-corrected chi connectivity index (χ2v) is 5.30. The van der Waals surface area contributed by atoms with E-state index in [1.807, 2.05) is 6.07 Å². The molecule has 0 atom stereocenters. The molecule has 0 saturated carbocycles. The van der Waals surface area contributed by atoms with Gasteiger partial charge < -0.3 is 10.6 Å². The molecule has 108 valence electrons. The number of aromatic nitrogens is 2. The molecule has 1 rings (SSSR count). The van der Waals surface area contributed by atoms with Gasteiger partial charge in [-0.15, -0.1) is 0 Å². The fraction of sp³-hybridized carbons (Fsp3) is 0.733. The number of hydrogen-bond donors (Lipinski definition) is 2. The lowest BCUT2D eigenvalue weighted by molar-refractivity contribution is 0.566. The average molecular weight is 264 g/mol. The van der Waals surface area contributed by atoms with Crippen LogP contribution in [0.5, 0.6) is 0 Å². The SMILES string of the molecule is CCCNc1cc(NCCCC(C)C)nc(CC)n1. The van der Waals surface area contributed by atoms with Crippen molar-refractivity contribution in [3.8, 4) is 0 Å². The van der Waals surface area contributed by atoms with Crippen LogP contribution in [0.15, 0.2) is 6.07 Å². The van der Waals surface area contributed by atoms with Crippen molar-refractivity contribution in [1.29, 1.82) is 0 Å². The van der Waals surface area contributed by atoms with Gasteiger partial charge in [-0.05, 0) is 25.2 Å². The van der Waals surface area contributed by atoms with Crippen LogP contribution in [0.4, 0.5) is 11.6 Å². The standard InChI is InChI=1S/C15H28N4/c1-5-9-16-14-11-15(19-13(6-2)18-14)17-10-7-8-12(3)4/h11-12H,5-10H2,1-4H3,(H2,16,17,18,19). The zero-order chi connectivity index (χ0) is 14.1. The van der Waals surface area contributed by atoms with E-state index in [-0.39, 0.29) is 0 Å². The van der Waals surface area contributed by atoms with Crippen LogP contribution in [0.2, 0.25) is 0 Å². The Morgan fingerprint density at radius 2 is 1.68 bits per heavy atom. The minimum Gasteiger partial charge on any atom is -0.370 e. The molecule has 1 aromatic rings. The van der Waals surface area contributed by atoms with Crippen LogP contribution in [0.1, 0.15) is 52.8 Å². The Bertz CT molecular complexity index is 363. The lowest BCUT2D eigenvalue weighted by Crippen LogP contribution is -2.09. The minimum absolute atomic E-state index is 0.764. The summed E-state index contributed by atoms with van der Waals surface area (Å²) in [6, 6.07) is 2.00. The first-order chi connectivity index (χ1) is 9.15. The molecule has 2 N–H and O–H groups in total. The van der Waals surface area contributed by atoms with E-state index in [2.05, 4.69) is 48.3 Å². The summed E-state index contributed by atoms with van der Waals surface area (Å²) < 4.78 is 0. The molecule has 0 fully saturated rings. The molecule has 0 unspecified atom stereocenters. The van der Waals surface area contributed by atoms with Crippen LogP contribution >= 0.6 is 0 Å². The molecule has 0 aliphatic rings. The highest BCUT2D eigenvalue weighted by Gasteiger charge is 2.03. The molecule has 19 heavy (non-hydrogen) atoms. The van der Waals surface area contributed by atoms with Gasteiger partial charge in [0.05, 0.1) is 0 Å². The van der Waals surface area contributed by atoms with E-state index in [1.165, 1.54) is 12.8 Å². The second-order valence-electron chi connectivity index (χ2n) is 5.30. The maximum absolute atomic E-state index is 4.51. The first-order valence-electron chi connectivity index (χ1n) is 7.51. The Morgan fingerprint density at radius 1 is 1.05 bits per heavy atom. The van der Waals surface area contributed by atoms with Crippen molar-refractivity contribution in [3.05, 3.63) is 11.9 Å². The van der Waals surface area contributed by atoms with Crippen LogP contribution in [-0.2, 0) is 6.42 Å². The van der Waals surface area contributed by atoms with E-state index >= 15 is 0 Å². The van der Waals surface area contributed by atoms with Crippen molar-refractivity contribution in [1.82, 2.24) is 9.97 Å². The average Bonchev–Trinajstić information content (AvgIpc) is 2.41. The van der Waals surface area contributed by atoms with E-state index in [4.69, 9.17) is 0 Å². The first-order valence-corrected chi connectivity index (χ1v) is 7.51. The van der Waals surface area contributed by atoms with Gasteiger partial charge in [-0.2, -0.15) is 0 Å². The predicted octanol–water partition coefficient (Wildman–Crippen LogP) is 3.71. The van der Waals surface area contributed by atoms with Crippen molar-refractivity contribution in [2.75, 3.05) is 23.7 Å². The van der Waals surface area contributed by atoms with Crippen LogP contribution < -0.4 is 10.6 Å². The molecule has 0 aliphatic carbocycles. The van der Waals surface area contributed by atoms with E-state index in [1.54, 1.807) is 0 Å². The highest BCUT2D eigenvalue weighted by Crippen LogP contribution is 2.12. The lowest BCUT2D eigenvalue weighted by Gasteiger charge is -2.11. The van der Waals surface area contributed by atoms with Gasteiger partial charge in [-0.3, -0.25) is 0 Å². The van der Waals surface area contributed by atoms with Crippen LogP contribution in [0.25, 0.3) is 0 Å². The Labute approximate surface area is 117 Å². The molecule has 4 nitrogen and oxygen atoms in total. The molecule has 4 heteroatoms. The van der Waals surface area contributed by atoms with E-state index in [0.717, 1.165) is 49.3 Å². The fourth-order valence-electron chi connectivity index (χ4n) is 1.82. The number of hydrogen-bond acceptors (Lipinski definition) is 4. The van der Waals surface area contributed by atoms with Crippen molar-refractivity contribution >= 4 is 11.6 Å². The van der Waals surface area contributed by atoms with E-state index in [9.17, 15) is 0 Å². The summed E-state index contributed by atoms with van der Waals surface area (Å²) >= 11 is 0. The van der Waals surface area contributed by atoms with Gasteiger partial charge in [0.1, 0.15) is 17.5 Å². The van der Waals surface area contributed by atoms with Gasteiger partial charge in [0.2, 0.25) is 0 Å². The molecular formula is C15H28N4. The third kappa shape index (κ3) is 6.41. The molecular weight excluding hydrogens is 236 g/mol. The highest BCUT2D eigenvalue weighted by atomic mass is 15.1. The molecule has 0 saturated heterocycles. The topological polar surface area (TPSA) is 49.8 Å². The van der Waals surface area contributed by atoms with Crippen molar-refractivity contribution in [2.24, 2.45) is 5.92 Å². The van der Waals surface area contributed by atoms with Crippen molar-refractivity contribution in [3.63, 3.8) is 0 Å². The second kappa shape index (κ2) is 8.73. The van der Waals surface area contributed by atoms with Crippen LogP contribution in [0.3, 0.4) is 0 Å². The number of nitrogens with zero attached hydrogens (tertiary/aromatic N) is 2. The maximum atomic E-state index is 4.51. The molecule has 0 radical (unpaired) electrons. The summed E-state index contributed by atoms with van der Waals surface area (Å²) in [6.07, 6.45) is 4.39. The summed E-state index contributed by atoms with van der Waals surface area (Å²) in [5.41, 5.74) is 0. The van der Waals surface area contributed by atoms with E-state index < -0.39 is 0 Å². The van der Waals surface area contributed by atoms with Gasteiger partial charge >= 0.3 is 0 Å². The van der Waals surface area contributed by atoms with Crippen LogP contribution in [-0.4, -0.2) is 23.1 Å². The molecule has 0 bridgehead atoms. The molecule has 1 aromatic heterocycles. The zero-order valence-corrected chi connectivity index (χ0v) is 12.8. The smallest absolute Gasteiger partial charge is 0.132 e. The van der Waals surface area contributed by atoms with Crippen LogP contribution in [0, 0.1) is 5.92 Å². The van der Waals surface area contributed by atoms with Gasteiger partial charge in [0.25, 0.3) is 0 Å². The predicted molar refractivity (Wildman–Crippen MR) is 82.8 cm³/mol. The summed E-state index contributed by atoms with van der Waals surface area (Å²) in [4.78, 5) is 9.00. The third-order valence-electron chi connectivity index (χ3n) is 2.91. The summed E-state index contributed by atoms with van der Waals surface area (Å²) in [5.74, 6) is 3.53. The number of anilines is 2. The van der Waals surface area contributed by atoms with Gasteiger partial charge in [-0.1, -0.05) is 27.7 Å². The minimum atomic E-state index is 0.764. The van der Waals surface area contributed by atoms with E-state index in [0.29, 0.717) is 0 Å². The molecule has 0 aliphatic heterocycles. The summed E-state index contributed by atoms with van der Waals surface area (Å²) in [5, 5.41) is 6.73. The Hall–Kier alpha value is -1.32. The number of nitrogens with one attached hydrogen (secondary N) is 2. The Balaban J connectivity index is 2.55. The molecule has 0 spiro atoms. The van der Waals surface area contributed by atoms with Crippen molar-refractivity contribution in [2.45, 2.75) is 53.4 Å². The fourth-order valence-corrected chi connectivity index (χ4v) is 1.82. The maximum Gasteiger partial charge on any atom is 0.132 e. The van der Waals surface area contributed by atoms with Gasteiger partial charge in [0, 0.05) is 25.6 Å². The molecule has 1 heterocycles. The van der Waals surface area contributed by atoms with Gasteiger partial charge in [0.15, 0.2) is 0 Å². The first kappa shape index (κ1) is 15.7. The summed E-state index contributed by atoms with van der Waals surface area (Å²) in [6.45, 7) is 10.7. The van der Waals surface area contributed by atoms with Crippen molar-refractivity contribution < 1.29 is 0 Å². The quantitative estimate of drug-likeness (QED) is 0.668. The lowest BCUT2D eigenvalue weighted by atomic mass is 10.1. The normalized spacial score (nSPS) is 10.8. The highest BCUT2D eigenvalue weighted by molar-refractivity contribution is 5.47. The monoisotopic (exact) mass is 264 g/mol.